The van der Waals surface area contributed by atoms with Crippen LogP contribution >= 0.6 is 0 Å². The Morgan fingerprint density at radius 3 is 1.45 bits per heavy atom. The van der Waals surface area contributed by atoms with Gasteiger partial charge in [-0.15, -0.1) is 0 Å². The Bertz CT molecular complexity index is 2820. The Kier molecular flexibility index (Phi) is 6.96. The molecule has 0 radical (unpaired) electrons. The number of phenols is 8. The third-order valence-electron chi connectivity index (χ3n) is 10.2. The molecule has 9 rings (SSSR count). The third-order valence-corrected chi connectivity index (χ3v) is 10.2. The molecule has 0 atom stereocenters. The second-order valence-corrected chi connectivity index (χ2v) is 13.1. The molecule has 0 spiro atoms. The van der Waals surface area contributed by atoms with E-state index in [1.165, 1.54) is 5.57 Å². The molecule has 8 aromatic rings. The molecule has 53 heavy (non-hydrogen) atoms. The highest BCUT2D eigenvalue weighted by Crippen LogP contribution is 2.61. The summed E-state index contributed by atoms with van der Waals surface area (Å²) < 4.78 is 6.24. The summed E-state index contributed by atoms with van der Waals surface area (Å²) in [5, 5.41) is 89.6. The average Bonchev–Trinajstić information content (AvgIpc) is 3.57. The van der Waals surface area contributed by atoms with E-state index < -0.39 is 46.0 Å². The Hall–Kier alpha value is -7.26. The smallest absolute Gasteiger partial charge is 0.204 e. The largest absolute Gasteiger partial charge is 0.504 e. The maximum Gasteiger partial charge on any atom is 0.204 e. The maximum atomic E-state index is 11.4. The minimum Gasteiger partial charge on any atom is -0.504 e. The number of aromatic hydroxyl groups is 8. The molecule has 7 aromatic carbocycles. The number of rotatable bonds is 4. The number of allylic oxidation sites excluding steroid dienone is 4. The van der Waals surface area contributed by atoms with Crippen molar-refractivity contribution in [1.82, 2.24) is 0 Å². The zero-order valence-corrected chi connectivity index (χ0v) is 27.8. The summed E-state index contributed by atoms with van der Waals surface area (Å²) >= 11 is 0. The minimum atomic E-state index is -1.02. The van der Waals surface area contributed by atoms with Crippen LogP contribution < -0.4 is 0 Å². The molecule has 0 saturated heterocycles. The van der Waals surface area contributed by atoms with Crippen LogP contribution in [0.15, 0.2) is 114 Å². The standard InChI is InChI=1S/C44H30O9/c45-37-33-31(23-9-5-2-6-10-23)34-36(40(48)44(52)42(50)38(34)46)32(35(33)39(47)43(51)41(37)49)24-13-11-22(12-14-24)25-16-18-29-28(19-25)27-17-15-26(20-30(27)53-29)21-7-3-1-4-8-21/h2-3,5-20,45-52H,1,4H2. The van der Waals surface area contributed by atoms with Crippen molar-refractivity contribution in [2.45, 2.75) is 12.8 Å². The van der Waals surface area contributed by atoms with Gasteiger partial charge in [-0.1, -0.05) is 85.0 Å². The van der Waals surface area contributed by atoms with Gasteiger partial charge in [0.25, 0.3) is 0 Å². The van der Waals surface area contributed by atoms with Crippen molar-refractivity contribution in [3.05, 3.63) is 115 Å². The lowest BCUT2D eigenvalue weighted by Crippen LogP contribution is -1.94. The molecule has 260 valence electrons. The second-order valence-electron chi connectivity index (χ2n) is 13.1. The Labute approximate surface area is 300 Å². The van der Waals surface area contributed by atoms with E-state index in [9.17, 15) is 40.9 Å². The van der Waals surface area contributed by atoms with Gasteiger partial charge >= 0.3 is 0 Å². The van der Waals surface area contributed by atoms with Crippen molar-refractivity contribution in [2.75, 3.05) is 0 Å². The van der Waals surface area contributed by atoms with Crippen LogP contribution in [0.3, 0.4) is 0 Å². The van der Waals surface area contributed by atoms with Crippen molar-refractivity contribution >= 4 is 49.1 Å². The van der Waals surface area contributed by atoms with E-state index in [1.54, 1.807) is 54.6 Å². The van der Waals surface area contributed by atoms with Crippen LogP contribution in [0.1, 0.15) is 18.4 Å². The molecule has 1 aliphatic carbocycles. The first-order valence-corrected chi connectivity index (χ1v) is 16.9. The predicted molar refractivity (Wildman–Crippen MR) is 205 cm³/mol. The molecule has 1 heterocycles. The van der Waals surface area contributed by atoms with Crippen LogP contribution in [-0.2, 0) is 0 Å². The first kappa shape index (κ1) is 31.7. The average molecular weight is 703 g/mol. The molecule has 1 aromatic heterocycles. The SMILES string of the molecule is Oc1c(O)c(O)c2c(-c3ccc(-c4ccc5oc6cc(C7=CCCC=C7)ccc6c5c4)cc3)c3c(O)c(O)c(O)c(O)c3c(-c3ccccc3)c2c1O. The molecule has 0 saturated carbocycles. The minimum absolute atomic E-state index is 0.00173. The topological polar surface area (TPSA) is 175 Å². The first-order valence-electron chi connectivity index (χ1n) is 16.9. The summed E-state index contributed by atoms with van der Waals surface area (Å²) in [7, 11) is 0. The van der Waals surface area contributed by atoms with Gasteiger partial charge in [-0.25, -0.2) is 0 Å². The maximum absolute atomic E-state index is 11.4. The second kappa shape index (κ2) is 11.6. The summed E-state index contributed by atoms with van der Waals surface area (Å²) in [4.78, 5) is 0. The summed E-state index contributed by atoms with van der Waals surface area (Å²) in [6, 6.07) is 27.3. The van der Waals surface area contributed by atoms with Crippen molar-refractivity contribution in [2.24, 2.45) is 0 Å². The van der Waals surface area contributed by atoms with Gasteiger partial charge in [0, 0.05) is 43.4 Å². The number of fused-ring (bicyclic) bond motifs is 5. The summed E-state index contributed by atoms with van der Waals surface area (Å²) in [5.41, 5.74) is 6.11. The fourth-order valence-electron chi connectivity index (χ4n) is 7.59. The van der Waals surface area contributed by atoms with Gasteiger partial charge in [-0.3, -0.25) is 0 Å². The monoisotopic (exact) mass is 702 g/mol. The number of phenolic OH excluding ortho intramolecular Hbond substituents is 8. The summed E-state index contributed by atoms with van der Waals surface area (Å²) in [5.74, 6) is -7.34. The fraction of sp³-hybridized carbons (Fsp3) is 0.0455. The third kappa shape index (κ3) is 4.64. The Morgan fingerprint density at radius 2 is 0.906 bits per heavy atom. The number of furan rings is 1. The quantitative estimate of drug-likeness (QED) is 0.0504. The van der Waals surface area contributed by atoms with Crippen LogP contribution in [0.2, 0.25) is 0 Å². The zero-order valence-electron chi connectivity index (χ0n) is 27.8. The van der Waals surface area contributed by atoms with E-state index in [1.807, 2.05) is 18.2 Å². The normalized spacial score (nSPS) is 13.0. The van der Waals surface area contributed by atoms with E-state index in [0.717, 1.165) is 51.5 Å². The van der Waals surface area contributed by atoms with E-state index in [2.05, 4.69) is 36.4 Å². The highest BCUT2D eigenvalue weighted by molar-refractivity contribution is 6.28. The predicted octanol–water partition coefficient (Wildman–Crippen LogP) is 10.3. The molecular weight excluding hydrogens is 672 g/mol. The molecule has 0 unspecified atom stereocenters. The number of hydrogen-bond acceptors (Lipinski definition) is 9. The van der Waals surface area contributed by atoms with E-state index in [-0.39, 0.29) is 32.7 Å². The highest BCUT2D eigenvalue weighted by Gasteiger charge is 2.32. The first-order chi connectivity index (χ1) is 25.6. The lowest BCUT2D eigenvalue weighted by Gasteiger charge is -2.22. The fourth-order valence-corrected chi connectivity index (χ4v) is 7.59. The van der Waals surface area contributed by atoms with Crippen molar-refractivity contribution in [3.63, 3.8) is 0 Å². The van der Waals surface area contributed by atoms with E-state index in [0.29, 0.717) is 11.1 Å². The van der Waals surface area contributed by atoms with E-state index in [4.69, 9.17) is 4.42 Å². The number of benzene rings is 7. The molecule has 8 N–H and O–H groups in total. The Balaban J connectivity index is 1.26. The number of hydrogen-bond donors (Lipinski definition) is 8. The summed E-state index contributed by atoms with van der Waals surface area (Å²) in [6.07, 6.45) is 8.56. The zero-order chi connectivity index (χ0) is 36.7. The van der Waals surface area contributed by atoms with Gasteiger partial charge in [0.2, 0.25) is 23.0 Å². The van der Waals surface area contributed by atoms with Gasteiger partial charge in [-0.2, -0.15) is 0 Å². The van der Waals surface area contributed by atoms with Crippen LogP contribution in [0, 0.1) is 0 Å². The van der Waals surface area contributed by atoms with Crippen molar-refractivity contribution < 1.29 is 45.3 Å². The lowest BCUT2D eigenvalue weighted by molar-refractivity contribution is 0.350. The van der Waals surface area contributed by atoms with Crippen LogP contribution in [-0.4, -0.2) is 40.9 Å². The highest BCUT2D eigenvalue weighted by atomic mass is 16.4. The molecule has 9 nitrogen and oxygen atoms in total. The molecule has 1 aliphatic rings. The van der Waals surface area contributed by atoms with Gasteiger partial charge in [-0.05, 0) is 70.5 Å². The van der Waals surface area contributed by atoms with Crippen LogP contribution in [0.25, 0.3) is 82.4 Å². The van der Waals surface area contributed by atoms with Gasteiger partial charge in [0.1, 0.15) is 11.2 Å². The molecular formula is C44H30O9. The van der Waals surface area contributed by atoms with Gasteiger partial charge < -0.3 is 45.3 Å². The van der Waals surface area contributed by atoms with Gasteiger partial charge in [0.15, 0.2) is 23.0 Å². The Morgan fingerprint density at radius 1 is 0.396 bits per heavy atom. The van der Waals surface area contributed by atoms with Crippen molar-refractivity contribution in [3.8, 4) is 79.4 Å². The van der Waals surface area contributed by atoms with Crippen LogP contribution in [0.4, 0.5) is 0 Å². The van der Waals surface area contributed by atoms with Crippen molar-refractivity contribution in [1.29, 1.82) is 0 Å². The molecule has 0 aliphatic heterocycles. The van der Waals surface area contributed by atoms with E-state index >= 15 is 0 Å². The molecule has 0 amide bonds. The molecule has 0 bridgehead atoms. The molecule has 9 heteroatoms. The molecule has 0 fully saturated rings. The summed E-state index contributed by atoms with van der Waals surface area (Å²) in [6.45, 7) is 0. The lowest BCUT2D eigenvalue weighted by atomic mass is 9.83. The van der Waals surface area contributed by atoms with Gasteiger partial charge in [0.05, 0.1) is 0 Å². The van der Waals surface area contributed by atoms with Crippen LogP contribution in [0.5, 0.6) is 46.0 Å².